The van der Waals surface area contributed by atoms with E-state index in [2.05, 4.69) is 28.1 Å². The predicted octanol–water partition coefficient (Wildman–Crippen LogP) is 3.25. The molecular formula is C24H27N5O4S. The molecule has 2 aromatic carbocycles. The summed E-state index contributed by atoms with van der Waals surface area (Å²) in [5.74, 6) is 0. The molecule has 9 nitrogen and oxygen atoms in total. The lowest BCUT2D eigenvalue weighted by molar-refractivity contribution is -0.384. The minimum atomic E-state index is -3.71. The summed E-state index contributed by atoms with van der Waals surface area (Å²) in [5, 5.41) is 13.0. The van der Waals surface area contributed by atoms with Crippen molar-refractivity contribution in [2.24, 2.45) is 0 Å². The van der Waals surface area contributed by atoms with Crippen LogP contribution in [0.4, 0.5) is 11.4 Å². The molecule has 3 aromatic rings. The molecule has 1 aromatic heterocycles. The highest BCUT2D eigenvalue weighted by atomic mass is 32.2. The average molecular weight is 482 g/mol. The molecule has 10 heteroatoms. The van der Waals surface area contributed by atoms with E-state index < -0.39 is 14.9 Å². The fourth-order valence-electron chi connectivity index (χ4n) is 4.84. The number of sulfonamides is 1. The zero-order chi connectivity index (χ0) is 23.7. The minimum absolute atomic E-state index is 0.00746. The Morgan fingerprint density at radius 3 is 2.41 bits per heavy atom. The predicted molar refractivity (Wildman–Crippen MR) is 130 cm³/mol. The van der Waals surface area contributed by atoms with Crippen LogP contribution in [0.3, 0.4) is 0 Å². The number of para-hydroxylation sites is 1. The molecule has 0 atom stereocenters. The van der Waals surface area contributed by atoms with Gasteiger partial charge < -0.3 is 4.90 Å². The zero-order valence-corrected chi connectivity index (χ0v) is 19.7. The molecule has 0 bridgehead atoms. The number of aromatic nitrogens is 1. The molecule has 0 N–H and O–H groups in total. The van der Waals surface area contributed by atoms with Gasteiger partial charge in [-0.15, -0.1) is 0 Å². The highest BCUT2D eigenvalue weighted by molar-refractivity contribution is 7.89. The van der Waals surface area contributed by atoms with Crippen molar-refractivity contribution in [1.29, 1.82) is 0 Å². The average Bonchev–Trinajstić information content (AvgIpc) is 3.41. The quantitative estimate of drug-likeness (QED) is 0.394. The van der Waals surface area contributed by atoms with Crippen LogP contribution in [0.25, 0.3) is 10.9 Å². The SMILES string of the molecule is O=[N+]([O-])c1cc(S(=O)(=O)N2CCCC2)ccc1N1CCN(Cc2cccc3cccnc23)CC1. The number of anilines is 1. The fourth-order valence-corrected chi connectivity index (χ4v) is 6.38. The van der Waals surface area contributed by atoms with Crippen molar-refractivity contribution >= 4 is 32.3 Å². The maximum absolute atomic E-state index is 12.9. The molecule has 3 heterocycles. The summed E-state index contributed by atoms with van der Waals surface area (Å²) in [6, 6.07) is 14.5. The Labute approximate surface area is 198 Å². The lowest BCUT2D eigenvalue weighted by atomic mass is 10.1. The molecule has 5 rings (SSSR count). The maximum atomic E-state index is 12.9. The number of pyridine rings is 1. The van der Waals surface area contributed by atoms with Gasteiger partial charge in [0, 0.05) is 63.5 Å². The Bertz CT molecular complexity index is 1310. The van der Waals surface area contributed by atoms with Gasteiger partial charge in [-0.1, -0.05) is 24.3 Å². The van der Waals surface area contributed by atoms with Gasteiger partial charge in [-0.2, -0.15) is 4.31 Å². The van der Waals surface area contributed by atoms with Gasteiger partial charge in [0.15, 0.2) is 0 Å². The molecule has 0 unspecified atom stereocenters. The van der Waals surface area contributed by atoms with Crippen LogP contribution >= 0.6 is 0 Å². The fraction of sp³-hybridized carbons (Fsp3) is 0.375. The number of hydrogen-bond acceptors (Lipinski definition) is 7. The number of rotatable bonds is 6. The van der Waals surface area contributed by atoms with Gasteiger partial charge in [0.1, 0.15) is 5.69 Å². The first kappa shape index (κ1) is 22.7. The van der Waals surface area contributed by atoms with Gasteiger partial charge in [0.2, 0.25) is 10.0 Å². The van der Waals surface area contributed by atoms with Crippen LogP contribution in [0.15, 0.2) is 59.6 Å². The van der Waals surface area contributed by atoms with Crippen molar-refractivity contribution in [2.75, 3.05) is 44.2 Å². The molecule has 2 fully saturated rings. The van der Waals surface area contributed by atoms with E-state index in [0.717, 1.165) is 48.9 Å². The smallest absolute Gasteiger partial charge is 0.293 e. The molecule has 0 saturated carbocycles. The van der Waals surface area contributed by atoms with Crippen molar-refractivity contribution in [2.45, 2.75) is 24.3 Å². The van der Waals surface area contributed by atoms with E-state index in [4.69, 9.17) is 0 Å². The molecule has 0 aliphatic carbocycles. The normalized spacial score (nSPS) is 17.9. The van der Waals surface area contributed by atoms with E-state index in [0.29, 0.717) is 31.9 Å². The highest BCUT2D eigenvalue weighted by Gasteiger charge is 2.31. The monoisotopic (exact) mass is 481 g/mol. The number of nitro groups is 1. The molecule has 0 spiro atoms. The molecule has 0 radical (unpaired) electrons. The summed E-state index contributed by atoms with van der Waals surface area (Å²) in [4.78, 5) is 20.2. The Hall–Kier alpha value is -3.08. The van der Waals surface area contributed by atoms with Crippen molar-refractivity contribution in [3.63, 3.8) is 0 Å². The van der Waals surface area contributed by atoms with Crippen LogP contribution in [-0.4, -0.2) is 66.8 Å². The Kier molecular flexibility index (Phi) is 6.20. The first-order chi connectivity index (χ1) is 16.4. The third-order valence-corrected chi connectivity index (χ3v) is 8.56. The summed E-state index contributed by atoms with van der Waals surface area (Å²) in [6.45, 7) is 4.42. The molecule has 34 heavy (non-hydrogen) atoms. The van der Waals surface area contributed by atoms with Gasteiger partial charge in [-0.25, -0.2) is 8.42 Å². The second-order valence-corrected chi connectivity index (χ2v) is 10.7. The highest BCUT2D eigenvalue weighted by Crippen LogP contribution is 2.33. The van der Waals surface area contributed by atoms with Crippen LogP contribution < -0.4 is 4.90 Å². The number of nitrogens with zero attached hydrogens (tertiary/aromatic N) is 5. The maximum Gasteiger partial charge on any atom is 0.293 e. The Morgan fingerprint density at radius 2 is 1.68 bits per heavy atom. The van der Waals surface area contributed by atoms with Crippen LogP contribution in [0.1, 0.15) is 18.4 Å². The summed E-state index contributed by atoms with van der Waals surface area (Å²) in [7, 11) is -3.71. The number of fused-ring (bicyclic) bond motifs is 1. The van der Waals surface area contributed by atoms with E-state index in [1.165, 1.54) is 16.4 Å². The Balaban J connectivity index is 1.32. The number of nitro benzene ring substituents is 1. The molecule has 2 aliphatic heterocycles. The van der Waals surface area contributed by atoms with Crippen LogP contribution in [-0.2, 0) is 16.6 Å². The van der Waals surface area contributed by atoms with Crippen molar-refractivity contribution in [1.82, 2.24) is 14.2 Å². The first-order valence-corrected chi connectivity index (χ1v) is 13.0. The summed E-state index contributed by atoms with van der Waals surface area (Å²) in [5.41, 5.74) is 2.47. The zero-order valence-electron chi connectivity index (χ0n) is 18.8. The standard InChI is InChI=1S/C24H27N5O4S/c30-29(31)23-17-21(34(32,33)28-11-1-2-12-28)8-9-22(23)27-15-13-26(14-16-27)18-20-6-3-5-19-7-4-10-25-24(19)20/h3-10,17H,1-2,11-16,18H2. The van der Waals surface area contributed by atoms with Gasteiger partial charge >= 0.3 is 0 Å². The largest absolute Gasteiger partial charge is 0.363 e. The van der Waals surface area contributed by atoms with Crippen molar-refractivity contribution < 1.29 is 13.3 Å². The van der Waals surface area contributed by atoms with Crippen molar-refractivity contribution in [3.8, 4) is 0 Å². The van der Waals surface area contributed by atoms with Crippen LogP contribution in [0, 0.1) is 10.1 Å². The van der Waals surface area contributed by atoms with Crippen LogP contribution in [0.5, 0.6) is 0 Å². The van der Waals surface area contributed by atoms with Crippen LogP contribution in [0.2, 0.25) is 0 Å². The molecule has 178 valence electrons. The van der Waals surface area contributed by atoms with E-state index in [-0.39, 0.29) is 10.6 Å². The second-order valence-electron chi connectivity index (χ2n) is 8.77. The lowest BCUT2D eigenvalue weighted by Crippen LogP contribution is -2.46. The van der Waals surface area contributed by atoms with E-state index >= 15 is 0 Å². The lowest BCUT2D eigenvalue weighted by Gasteiger charge is -2.36. The molecule has 0 amide bonds. The third kappa shape index (κ3) is 4.36. The number of piperazine rings is 1. The summed E-state index contributed by atoms with van der Waals surface area (Å²) < 4.78 is 27.2. The number of benzene rings is 2. The molecule has 2 saturated heterocycles. The van der Waals surface area contributed by atoms with Gasteiger partial charge in [-0.3, -0.25) is 20.0 Å². The topological polar surface area (TPSA) is 99.9 Å². The van der Waals surface area contributed by atoms with E-state index in [9.17, 15) is 18.5 Å². The van der Waals surface area contributed by atoms with E-state index in [1.807, 2.05) is 17.0 Å². The van der Waals surface area contributed by atoms with Crippen molar-refractivity contribution in [3.05, 3.63) is 70.4 Å². The summed E-state index contributed by atoms with van der Waals surface area (Å²) >= 11 is 0. The Morgan fingerprint density at radius 1 is 0.941 bits per heavy atom. The minimum Gasteiger partial charge on any atom is -0.363 e. The van der Waals surface area contributed by atoms with Gasteiger partial charge in [-0.05, 0) is 36.6 Å². The van der Waals surface area contributed by atoms with Gasteiger partial charge in [0.05, 0.1) is 15.3 Å². The molecular weight excluding hydrogens is 454 g/mol. The summed E-state index contributed by atoms with van der Waals surface area (Å²) in [6.07, 6.45) is 3.44. The number of hydrogen-bond donors (Lipinski definition) is 0. The van der Waals surface area contributed by atoms with E-state index in [1.54, 1.807) is 12.3 Å². The van der Waals surface area contributed by atoms with Gasteiger partial charge in [0.25, 0.3) is 5.69 Å². The molecule has 2 aliphatic rings. The second kappa shape index (κ2) is 9.28. The first-order valence-electron chi connectivity index (χ1n) is 11.5. The third-order valence-electron chi connectivity index (χ3n) is 6.67.